The number of amides is 1. The number of rotatable bonds is 9. The third-order valence-corrected chi connectivity index (χ3v) is 7.66. The predicted molar refractivity (Wildman–Crippen MR) is 147 cm³/mol. The number of aliphatic carboxylic acids is 1. The molecular formula is C32H35NO6. The molecular weight excluding hydrogens is 494 g/mol. The maximum atomic E-state index is 14.1. The van der Waals surface area contributed by atoms with E-state index in [1.807, 2.05) is 72.8 Å². The van der Waals surface area contributed by atoms with Gasteiger partial charge in [0.25, 0.3) is 5.91 Å². The van der Waals surface area contributed by atoms with Gasteiger partial charge in [-0.15, -0.1) is 0 Å². The summed E-state index contributed by atoms with van der Waals surface area (Å²) >= 11 is 0. The van der Waals surface area contributed by atoms with Crippen molar-refractivity contribution in [2.75, 3.05) is 7.11 Å². The Morgan fingerprint density at radius 1 is 0.949 bits per heavy atom. The minimum absolute atomic E-state index is 0.0180. The van der Waals surface area contributed by atoms with Gasteiger partial charge >= 0.3 is 5.97 Å². The summed E-state index contributed by atoms with van der Waals surface area (Å²) in [7, 11) is 1.57. The molecule has 0 unspecified atom stereocenters. The molecule has 2 atom stereocenters. The summed E-state index contributed by atoms with van der Waals surface area (Å²) in [6.45, 7) is 0.466. The van der Waals surface area contributed by atoms with Crippen molar-refractivity contribution >= 4 is 11.9 Å². The van der Waals surface area contributed by atoms with Crippen molar-refractivity contribution in [3.8, 4) is 11.5 Å². The highest BCUT2D eigenvalue weighted by Crippen LogP contribution is 2.40. The summed E-state index contributed by atoms with van der Waals surface area (Å²) in [6, 6.07) is 21.8. The van der Waals surface area contributed by atoms with Gasteiger partial charge in [0.05, 0.1) is 13.2 Å². The molecule has 5 rings (SSSR count). The lowest BCUT2D eigenvalue weighted by atomic mass is 9.91. The molecule has 0 radical (unpaired) electrons. The third-order valence-electron chi connectivity index (χ3n) is 7.66. The van der Waals surface area contributed by atoms with Gasteiger partial charge < -0.3 is 24.2 Å². The molecule has 7 heteroatoms. The van der Waals surface area contributed by atoms with Crippen LogP contribution in [0.2, 0.25) is 0 Å². The van der Waals surface area contributed by atoms with E-state index < -0.39 is 18.1 Å². The summed E-state index contributed by atoms with van der Waals surface area (Å²) in [6.07, 6.45) is 4.37. The number of benzene rings is 3. The van der Waals surface area contributed by atoms with Crippen LogP contribution in [0.5, 0.6) is 11.5 Å². The molecule has 39 heavy (non-hydrogen) atoms. The van der Waals surface area contributed by atoms with Crippen LogP contribution in [0.4, 0.5) is 0 Å². The fraction of sp³-hybridized carbons (Fsp3) is 0.375. The fourth-order valence-corrected chi connectivity index (χ4v) is 5.57. The highest BCUT2D eigenvalue weighted by molar-refractivity contribution is 5.88. The van der Waals surface area contributed by atoms with Gasteiger partial charge in [0.15, 0.2) is 17.6 Å². The first-order valence-corrected chi connectivity index (χ1v) is 13.6. The monoisotopic (exact) mass is 529 g/mol. The largest absolute Gasteiger partial charge is 0.493 e. The number of hydrogen-bond acceptors (Lipinski definition) is 5. The van der Waals surface area contributed by atoms with Gasteiger partial charge in [-0.05, 0) is 35.6 Å². The Morgan fingerprint density at radius 2 is 1.64 bits per heavy atom. The van der Waals surface area contributed by atoms with E-state index in [9.17, 15) is 14.7 Å². The van der Waals surface area contributed by atoms with Gasteiger partial charge in [-0.2, -0.15) is 0 Å². The van der Waals surface area contributed by atoms with Crippen LogP contribution in [0.3, 0.4) is 0 Å². The molecule has 0 bridgehead atoms. The quantitative estimate of drug-likeness (QED) is 0.383. The molecule has 1 aliphatic heterocycles. The normalized spacial score (nSPS) is 18.2. The lowest BCUT2D eigenvalue weighted by Crippen LogP contribution is -2.51. The lowest BCUT2D eigenvalue weighted by molar-refractivity contribution is -0.161. The van der Waals surface area contributed by atoms with Crippen molar-refractivity contribution in [2.45, 2.75) is 69.9 Å². The van der Waals surface area contributed by atoms with E-state index in [0.717, 1.165) is 47.9 Å². The van der Waals surface area contributed by atoms with E-state index in [0.29, 0.717) is 18.1 Å². The van der Waals surface area contributed by atoms with Gasteiger partial charge in [-0.1, -0.05) is 86.0 Å². The zero-order valence-electron chi connectivity index (χ0n) is 22.3. The van der Waals surface area contributed by atoms with Crippen LogP contribution in [0.1, 0.15) is 60.5 Å². The number of carbonyl (C=O) groups excluding carboxylic acids is 1. The Hall–Kier alpha value is -3.84. The van der Waals surface area contributed by atoms with Gasteiger partial charge in [-0.3, -0.25) is 4.79 Å². The number of carboxylic acid groups (broad SMARTS) is 1. The zero-order valence-corrected chi connectivity index (χ0v) is 22.3. The predicted octanol–water partition coefficient (Wildman–Crippen LogP) is 5.70. The Labute approximate surface area is 229 Å². The zero-order chi connectivity index (χ0) is 27.2. The minimum atomic E-state index is -1.06. The van der Waals surface area contributed by atoms with Crippen LogP contribution in [0.15, 0.2) is 72.8 Å². The third kappa shape index (κ3) is 6.09. The summed E-state index contributed by atoms with van der Waals surface area (Å²) in [5, 5.41) is 10.3. The molecule has 1 N–H and O–H groups in total. The van der Waals surface area contributed by atoms with E-state index >= 15 is 0 Å². The Bertz CT molecular complexity index is 1270. The summed E-state index contributed by atoms with van der Waals surface area (Å²) in [5.74, 6) is -0.325. The number of nitrogens with zero attached hydrogens (tertiary/aromatic N) is 1. The summed E-state index contributed by atoms with van der Waals surface area (Å²) in [4.78, 5) is 28.1. The van der Waals surface area contributed by atoms with E-state index in [2.05, 4.69) is 0 Å². The standard InChI is InChI=1S/C32H35NO6/c1-37-28-18-17-24-20-33(27(32(35)36)19-26(24)30(28)38-21-22-11-5-2-6-12-22)31(34)29(23-13-7-3-8-14-23)39-25-15-9-4-10-16-25/h2-3,5-8,11-14,17-18,25,27,29H,4,9-10,15-16,19-21H2,1H3,(H,35,36)/t27-,29-/m0/s1. The SMILES string of the molecule is COc1ccc2c(c1OCc1ccccc1)C[C@@H](C(=O)O)N(C(=O)[C@@H](OC1CCCCC1)c1ccccc1)C2. The lowest BCUT2D eigenvalue weighted by Gasteiger charge is -2.38. The van der Waals surface area contributed by atoms with Gasteiger partial charge in [0.1, 0.15) is 12.6 Å². The van der Waals surface area contributed by atoms with Crippen molar-refractivity contribution in [1.29, 1.82) is 0 Å². The second kappa shape index (κ2) is 12.3. The number of carbonyl (C=O) groups is 2. The smallest absolute Gasteiger partial charge is 0.326 e. The molecule has 0 aromatic heterocycles. The molecule has 1 saturated carbocycles. The maximum absolute atomic E-state index is 14.1. The second-order valence-corrected chi connectivity index (χ2v) is 10.2. The topological polar surface area (TPSA) is 85.3 Å². The number of hydrogen-bond donors (Lipinski definition) is 1. The average Bonchev–Trinajstić information content (AvgIpc) is 2.99. The summed E-state index contributed by atoms with van der Waals surface area (Å²) < 4.78 is 18.2. The highest BCUT2D eigenvalue weighted by Gasteiger charge is 2.40. The van der Waals surface area contributed by atoms with Crippen molar-refractivity contribution in [2.24, 2.45) is 0 Å². The Morgan fingerprint density at radius 3 is 2.31 bits per heavy atom. The Kier molecular flexibility index (Phi) is 8.47. The van der Waals surface area contributed by atoms with Crippen LogP contribution in [0.25, 0.3) is 0 Å². The highest BCUT2D eigenvalue weighted by atomic mass is 16.5. The van der Waals surface area contributed by atoms with E-state index in [4.69, 9.17) is 14.2 Å². The molecule has 1 heterocycles. The molecule has 7 nitrogen and oxygen atoms in total. The maximum Gasteiger partial charge on any atom is 0.326 e. The molecule has 3 aromatic rings. The fourth-order valence-electron chi connectivity index (χ4n) is 5.57. The van der Waals surface area contributed by atoms with Crippen LogP contribution < -0.4 is 9.47 Å². The van der Waals surface area contributed by atoms with Crippen molar-refractivity contribution in [3.05, 3.63) is 95.1 Å². The molecule has 0 saturated heterocycles. The van der Waals surface area contributed by atoms with Gasteiger partial charge in [0.2, 0.25) is 0 Å². The second-order valence-electron chi connectivity index (χ2n) is 10.2. The Balaban J connectivity index is 1.45. The molecule has 1 fully saturated rings. The van der Waals surface area contributed by atoms with Crippen molar-refractivity contribution in [3.63, 3.8) is 0 Å². The van der Waals surface area contributed by atoms with Crippen molar-refractivity contribution < 1.29 is 28.9 Å². The number of methoxy groups -OCH3 is 1. The van der Waals surface area contributed by atoms with Gasteiger partial charge in [-0.25, -0.2) is 4.79 Å². The van der Waals surface area contributed by atoms with E-state index in [1.54, 1.807) is 7.11 Å². The van der Waals surface area contributed by atoms with Crippen molar-refractivity contribution in [1.82, 2.24) is 4.90 Å². The van der Waals surface area contributed by atoms with E-state index in [1.165, 1.54) is 11.3 Å². The van der Waals surface area contributed by atoms with Gasteiger partial charge in [0, 0.05) is 18.5 Å². The summed E-state index contributed by atoms with van der Waals surface area (Å²) in [5.41, 5.74) is 3.33. The molecule has 1 aliphatic carbocycles. The van der Waals surface area contributed by atoms with Crippen LogP contribution in [0, 0.1) is 0 Å². The first-order valence-electron chi connectivity index (χ1n) is 13.6. The molecule has 3 aromatic carbocycles. The molecule has 1 amide bonds. The first-order chi connectivity index (χ1) is 19.0. The molecule has 2 aliphatic rings. The number of carboxylic acids is 1. The van der Waals surface area contributed by atoms with E-state index in [-0.39, 0.29) is 25.0 Å². The average molecular weight is 530 g/mol. The molecule has 204 valence electrons. The van der Waals surface area contributed by atoms with Crippen LogP contribution >= 0.6 is 0 Å². The number of fused-ring (bicyclic) bond motifs is 1. The van der Waals surface area contributed by atoms with Crippen LogP contribution in [-0.4, -0.2) is 41.1 Å². The molecule has 0 spiro atoms. The minimum Gasteiger partial charge on any atom is -0.493 e. The van der Waals surface area contributed by atoms with Crippen LogP contribution in [-0.2, 0) is 33.9 Å². The first kappa shape index (κ1) is 26.8. The number of ether oxygens (including phenoxy) is 3.